The van der Waals surface area contributed by atoms with Crippen molar-refractivity contribution < 1.29 is 32.2 Å². The van der Waals surface area contributed by atoms with Crippen LogP contribution in [-0.2, 0) is 14.3 Å². The second-order valence-corrected chi connectivity index (χ2v) is 5.08. The molecule has 1 heterocycles. The molecule has 1 aliphatic rings. The van der Waals surface area contributed by atoms with E-state index in [1.54, 1.807) is 6.92 Å². The van der Waals surface area contributed by atoms with Crippen LogP contribution in [0, 0.1) is 0 Å². The number of carbonyl (C=O) groups excluding carboxylic acids is 2. The fraction of sp³-hybridized carbons (Fsp3) is 0.467. The predicted molar refractivity (Wildman–Crippen MR) is 78.5 cm³/mol. The first kappa shape index (κ1) is 18.1. The highest BCUT2D eigenvalue weighted by atomic mass is 19.4. The average molecular weight is 346 g/mol. The molecule has 0 saturated carbocycles. The van der Waals surface area contributed by atoms with Crippen molar-refractivity contribution >= 4 is 17.5 Å². The molecule has 6 nitrogen and oxygen atoms in total. The van der Waals surface area contributed by atoms with Crippen LogP contribution in [0.15, 0.2) is 24.3 Å². The number of halogens is 3. The second kappa shape index (κ2) is 7.52. The number of alkyl halides is 3. The Balaban J connectivity index is 2.02. The van der Waals surface area contributed by atoms with E-state index in [9.17, 15) is 22.8 Å². The molecule has 0 aliphatic carbocycles. The van der Waals surface area contributed by atoms with Gasteiger partial charge in [-0.3, -0.25) is 9.59 Å². The molecule has 9 heteroatoms. The summed E-state index contributed by atoms with van der Waals surface area (Å²) in [5, 5.41) is 2.55. The maximum absolute atomic E-state index is 12.3. The molecule has 2 rings (SSSR count). The average Bonchev–Trinajstić information content (AvgIpc) is 2.85. The highest BCUT2D eigenvalue weighted by Crippen LogP contribution is 2.29. The van der Waals surface area contributed by atoms with Crippen molar-refractivity contribution in [1.82, 2.24) is 5.32 Å². The molecule has 132 valence electrons. The van der Waals surface area contributed by atoms with Gasteiger partial charge in [-0.25, -0.2) is 0 Å². The summed E-state index contributed by atoms with van der Waals surface area (Å²) in [5.41, 5.74) is 0.281. The van der Waals surface area contributed by atoms with Gasteiger partial charge in [0, 0.05) is 24.9 Å². The van der Waals surface area contributed by atoms with Crippen molar-refractivity contribution in [3.05, 3.63) is 24.3 Å². The van der Waals surface area contributed by atoms with E-state index in [1.165, 1.54) is 17.0 Å². The van der Waals surface area contributed by atoms with E-state index in [-0.39, 0.29) is 24.7 Å². The maximum atomic E-state index is 12.3. The molecule has 0 bridgehead atoms. The summed E-state index contributed by atoms with van der Waals surface area (Å²) in [6.07, 6.45) is -4.44. The van der Waals surface area contributed by atoms with Crippen molar-refractivity contribution in [2.75, 3.05) is 24.7 Å². The van der Waals surface area contributed by atoms with Crippen LogP contribution in [0.25, 0.3) is 0 Å². The summed E-state index contributed by atoms with van der Waals surface area (Å²) in [7, 11) is 0. The fourth-order valence-electron chi connectivity index (χ4n) is 2.35. The Morgan fingerprint density at radius 2 is 2.17 bits per heavy atom. The minimum absolute atomic E-state index is 0.144. The first-order valence-corrected chi connectivity index (χ1v) is 7.34. The Labute approximate surface area is 136 Å². The zero-order valence-electron chi connectivity index (χ0n) is 12.9. The second-order valence-electron chi connectivity index (χ2n) is 5.08. The third-order valence-electron chi connectivity index (χ3n) is 3.34. The van der Waals surface area contributed by atoms with Gasteiger partial charge in [-0.15, -0.1) is 13.2 Å². The number of rotatable bonds is 6. The van der Waals surface area contributed by atoms with E-state index in [1.807, 2.05) is 0 Å². The van der Waals surface area contributed by atoms with Gasteiger partial charge in [0.25, 0.3) is 0 Å². The Hall–Kier alpha value is -2.29. The van der Waals surface area contributed by atoms with E-state index in [4.69, 9.17) is 4.74 Å². The number of nitrogens with zero attached hydrogens (tertiary/aromatic N) is 1. The molecule has 2 amide bonds. The molecule has 1 aromatic rings. The van der Waals surface area contributed by atoms with E-state index in [2.05, 4.69) is 10.1 Å². The lowest BCUT2D eigenvalue weighted by atomic mass is 10.2. The lowest BCUT2D eigenvalue weighted by Gasteiger charge is -2.18. The number of ether oxygens (including phenoxy) is 2. The highest BCUT2D eigenvalue weighted by Gasteiger charge is 2.35. The van der Waals surface area contributed by atoms with Crippen molar-refractivity contribution in [3.63, 3.8) is 0 Å². The molecule has 0 aromatic heterocycles. The van der Waals surface area contributed by atoms with Crippen LogP contribution < -0.4 is 15.0 Å². The topological polar surface area (TPSA) is 67.9 Å². The van der Waals surface area contributed by atoms with Gasteiger partial charge in [-0.05, 0) is 25.5 Å². The minimum atomic E-state index is -4.80. The molecule has 1 aromatic carbocycles. The first-order chi connectivity index (χ1) is 11.3. The molecule has 1 saturated heterocycles. The van der Waals surface area contributed by atoms with Crippen molar-refractivity contribution in [2.45, 2.75) is 25.7 Å². The summed E-state index contributed by atoms with van der Waals surface area (Å²) in [4.78, 5) is 25.2. The Bertz CT molecular complexity index is 607. The van der Waals surface area contributed by atoms with Gasteiger partial charge in [0.1, 0.15) is 18.4 Å². The summed E-state index contributed by atoms with van der Waals surface area (Å²) in [6.45, 7) is 2.26. The SMILES string of the molecule is CCOCC(=O)N[C@@H]1CCN(c2cccc(OC(F)(F)F)c2)C1=O. The largest absolute Gasteiger partial charge is 0.573 e. The number of amides is 2. The normalized spacial score (nSPS) is 17.9. The van der Waals surface area contributed by atoms with Crippen LogP contribution in [0.5, 0.6) is 5.75 Å². The van der Waals surface area contributed by atoms with Gasteiger partial charge in [0.2, 0.25) is 11.8 Å². The van der Waals surface area contributed by atoms with E-state index in [0.717, 1.165) is 12.1 Å². The quantitative estimate of drug-likeness (QED) is 0.854. The van der Waals surface area contributed by atoms with Gasteiger partial charge in [0.15, 0.2) is 0 Å². The van der Waals surface area contributed by atoms with Crippen LogP contribution >= 0.6 is 0 Å². The lowest BCUT2D eigenvalue weighted by Crippen LogP contribution is -2.43. The van der Waals surface area contributed by atoms with Gasteiger partial charge in [0.05, 0.1) is 0 Å². The van der Waals surface area contributed by atoms with E-state index < -0.39 is 24.1 Å². The van der Waals surface area contributed by atoms with E-state index in [0.29, 0.717) is 13.0 Å². The summed E-state index contributed by atoms with van der Waals surface area (Å²) >= 11 is 0. The lowest BCUT2D eigenvalue weighted by molar-refractivity contribution is -0.274. The molecule has 1 N–H and O–H groups in total. The molecular weight excluding hydrogens is 329 g/mol. The number of benzene rings is 1. The number of hydrogen-bond acceptors (Lipinski definition) is 4. The Morgan fingerprint density at radius 3 is 2.83 bits per heavy atom. The third kappa shape index (κ3) is 4.85. The fourth-order valence-corrected chi connectivity index (χ4v) is 2.35. The van der Waals surface area contributed by atoms with Gasteiger partial charge in [-0.1, -0.05) is 6.07 Å². The van der Waals surface area contributed by atoms with Gasteiger partial charge >= 0.3 is 6.36 Å². The maximum Gasteiger partial charge on any atom is 0.573 e. The van der Waals surface area contributed by atoms with Gasteiger partial charge in [-0.2, -0.15) is 0 Å². The van der Waals surface area contributed by atoms with Crippen LogP contribution in [0.3, 0.4) is 0 Å². The zero-order valence-corrected chi connectivity index (χ0v) is 12.9. The van der Waals surface area contributed by atoms with Crippen molar-refractivity contribution in [3.8, 4) is 5.75 Å². The van der Waals surface area contributed by atoms with Crippen LogP contribution in [0.2, 0.25) is 0 Å². The molecule has 1 fully saturated rings. The molecule has 24 heavy (non-hydrogen) atoms. The molecule has 0 spiro atoms. The molecule has 1 aliphatic heterocycles. The van der Waals surface area contributed by atoms with E-state index >= 15 is 0 Å². The molecule has 0 unspecified atom stereocenters. The smallest absolute Gasteiger partial charge is 0.406 e. The summed E-state index contributed by atoms with van der Waals surface area (Å²) in [5.74, 6) is -1.20. The zero-order chi connectivity index (χ0) is 17.7. The number of hydrogen-bond donors (Lipinski definition) is 1. The molecule has 0 radical (unpaired) electrons. The van der Waals surface area contributed by atoms with Crippen molar-refractivity contribution in [1.29, 1.82) is 0 Å². The van der Waals surface area contributed by atoms with Crippen molar-refractivity contribution in [2.24, 2.45) is 0 Å². The minimum Gasteiger partial charge on any atom is -0.406 e. The van der Waals surface area contributed by atoms with Crippen LogP contribution in [0.4, 0.5) is 18.9 Å². The third-order valence-corrected chi connectivity index (χ3v) is 3.34. The first-order valence-electron chi connectivity index (χ1n) is 7.34. The Morgan fingerprint density at radius 1 is 1.42 bits per heavy atom. The summed E-state index contributed by atoms with van der Waals surface area (Å²) in [6, 6.07) is 4.44. The number of carbonyl (C=O) groups is 2. The molecule has 1 atom stereocenters. The Kier molecular flexibility index (Phi) is 5.66. The monoisotopic (exact) mass is 346 g/mol. The highest BCUT2D eigenvalue weighted by molar-refractivity contribution is 6.01. The number of nitrogens with one attached hydrogen (secondary N) is 1. The predicted octanol–water partition coefficient (Wildman–Crippen LogP) is 1.84. The van der Waals surface area contributed by atoms with Crippen LogP contribution in [-0.4, -0.2) is 44.0 Å². The standard InChI is InChI=1S/C15H17F3N2O4/c1-2-23-9-13(21)19-12-6-7-20(14(12)22)10-4-3-5-11(8-10)24-15(16,17)18/h3-5,8,12H,2,6-7,9H2,1H3,(H,19,21)/t12-/m1/s1. The van der Waals surface area contributed by atoms with Gasteiger partial charge < -0.3 is 19.7 Å². The van der Waals surface area contributed by atoms with Crippen LogP contribution in [0.1, 0.15) is 13.3 Å². The summed E-state index contributed by atoms with van der Waals surface area (Å²) < 4.78 is 45.6. The number of anilines is 1. The molecular formula is C15H17F3N2O4.